The lowest BCUT2D eigenvalue weighted by Gasteiger charge is -2.50. The number of hydrogen-bond donors (Lipinski definition) is 0. The van der Waals surface area contributed by atoms with Gasteiger partial charge in [-0.1, -0.05) is 144 Å². The highest BCUT2D eigenvalue weighted by atomic mass is 16.3. The molecule has 8 aromatic rings. The second-order valence-electron chi connectivity index (χ2n) is 16.5. The largest absolute Gasteiger partial charge is 0.466 e. The highest BCUT2D eigenvalue weighted by Crippen LogP contribution is 2.57. The zero-order valence-corrected chi connectivity index (χ0v) is 30.7. The van der Waals surface area contributed by atoms with Crippen molar-refractivity contribution in [1.82, 2.24) is 0 Å². The van der Waals surface area contributed by atoms with Gasteiger partial charge in [-0.3, -0.25) is 0 Å². The van der Waals surface area contributed by atoms with E-state index in [9.17, 15) is 0 Å². The highest BCUT2D eigenvalue weighted by molar-refractivity contribution is 6.93. The molecule has 0 saturated heterocycles. The van der Waals surface area contributed by atoms with Crippen LogP contribution in [-0.2, 0) is 10.8 Å². The number of nitrogens with zero attached hydrogens (tertiary/aromatic N) is 2. The number of hydrogen-bond acceptors (Lipinski definition) is 3. The smallest absolute Gasteiger partial charge is 0.375 e. The van der Waals surface area contributed by atoms with Crippen molar-refractivity contribution in [2.24, 2.45) is 0 Å². The molecule has 4 heteroatoms. The molecule has 3 nitrogen and oxygen atoms in total. The van der Waals surface area contributed by atoms with Gasteiger partial charge in [0, 0.05) is 39.0 Å². The second-order valence-corrected chi connectivity index (χ2v) is 16.5. The maximum Gasteiger partial charge on any atom is 0.375 e. The molecule has 0 atom stereocenters. The summed E-state index contributed by atoms with van der Waals surface area (Å²) in [5, 5.41) is 3.62. The molecule has 3 aliphatic heterocycles. The number of fused-ring (bicyclic) bond motifs is 10. The van der Waals surface area contributed by atoms with Crippen molar-refractivity contribution in [3.05, 3.63) is 162 Å². The zero-order valence-electron chi connectivity index (χ0n) is 30.7. The van der Waals surface area contributed by atoms with Crippen LogP contribution in [0, 0.1) is 0 Å². The molecular formula is C49H39BN2O. The SMILES string of the molecule is CC(C)(C)c1ccc(N2c3cc4ccccc4c4c3B(c3oc5ccccc5c32)N2c3ccccc3C(C)(C)c3cccc-4c32)c(-c2ccccc2)c1. The Morgan fingerprint density at radius 2 is 1.30 bits per heavy atom. The molecule has 0 radical (unpaired) electrons. The monoisotopic (exact) mass is 682 g/mol. The van der Waals surface area contributed by atoms with E-state index in [4.69, 9.17) is 4.42 Å². The maximum absolute atomic E-state index is 7.22. The average molecular weight is 683 g/mol. The van der Waals surface area contributed by atoms with Crippen molar-refractivity contribution in [3.63, 3.8) is 0 Å². The van der Waals surface area contributed by atoms with Crippen LogP contribution < -0.4 is 20.8 Å². The summed E-state index contributed by atoms with van der Waals surface area (Å²) in [5.41, 5.74) is 17.9. The molecule has 0 spiro atoms. The van der Waals surface area contributed by atoms with Crippen LogP contribution in [0.2, 0.25) is 0 Å². The summed E-state index contributed by atoms with van der Waals surface area (Å²) in [5.74, 6) is 0. The Kier molecular flexibility index (Phi) is 6.09. The Morgan fingerprint density at radius 3 is 2.13 bits per heavy atom. The van der Waals surface area contributed by atoms with Crippen LogP contribution in [0.5, 0.6) is 0 Å². The topological polar surface area (TPSA) is 19.6 Å². The lowest BCUT2D eigenvalue weighted by atomic mass is 9.44. The molecule has 3 aliphatic rings. The highest BCUT2D eigenvalue weighted by Gasteiger charge is 2.52. The summed E-state index contributed by atoms with van der Waals surface area (Å²) < 4.78 is 7.22. The van der Waals surface area contributed by atoms with E-state index >= 15 is 0 Å². The van der Waals surface area contributed by atoms with Crippen LogP contribution >= 0.6 is 0 Å². The van der Waals surface area contributed by atoms with E-state index in [-0.39, 0.29) is 17.7 Å². The third kappa shape index (κ3) is 4.07. The van der Waals surface area contributed by atoms with Crippen LogP contribution in [0.15, 0.2) is 150 Å². The zero-order chi connectivity index (χ0) is 35.8. The van der Waals surface area contributed by atoms with E-state index in [2.05, 4.69) is 190 Å². The molecule has 1 aromatic heterocycles. The van der Waals surface area contributed by atoms with E-state index in [1.54, 1.807) is 0 Å². The Labute approximate surface area is 311 Å². The van der Waals surface area contributed by atoms with Crippen molar-refractivity contribution < 1.29 is 4.42 Å². The predicted molar refractivity (Wildman–Crippen MR) is 224 cm³/mol. The molecule has 254 valence electrons. The van der Waals surface area contributed by atoms with Crippen LogP contribution in [0.25, 0.3) is 44.0 Å². The Hall–Kier alpha value is -6.00. The first-order valence-electron chi connectivity index (χ1n) is 18.8. The summed E-state index contributed by atoms with van der Waals surface area (Å²) >= 11 is 0. The van der Waals surface area contributed by atoms with E-state index in [0.29, 0.717) is 0 Å². The number of furan rings is 1. The van der Waals surface area contributed by atoms with Gasteiger partial charge in [0.25, 0.3) is 0 Å². The molecule has 4 heterocycles. The summed E-state index contributed by atoms with van der Waals surface area (Å²) in [4.78, 5) is 5.15. The van der Waals surface area contributed by atoms with Crippen LogP contribution in [-0.4, -0.2) is 6.85 Å². The summed E-state index contributed by atoms with van der Waals surface area (Å²) in [6, 6.07) is 53.9. The molecule has 0 N–H and O–H groups in total. The molecule has 0 fully saturated rings. The Morgan fingerprint density at radius 1 is 0.585 bits per heavy atom. The van der Waals surface area contributed by atoms with Gasteiger partial charge in [0.2, 0.25) is 0 Å². The van der Waals surface area contributed by atoms with Crippen LogP contribution in [0.1, 0.15) is 51.3 Å². The van der Waals surface area contributed by atoms with Gasteiger partial charge in [-0.05, 0) is 85.9 Å². The predicted octanol–water partition coefficient (Wildman–Crippen LogP) is 11.9. The Bertz CT molecular complexity index is 2820. The van der Waals surface area contributed by atoms with Gasteiger partial charge in [0.1, 0.15) is 11.2 Å². The van der Waals surface area contributed by atoms with E-state index in [1.807, 2.05) is 0 Å². The summed E-state index contributed by atoms with van der Waals surface area (Å²) in [7, 11) is 0. The van der Waals surface area contributed by atoms with Crippen LogP contribution in [0.4, 0.5) is 28.4 Å². The number of anilines is 5. The van der Waals surface area contributed by atoms with Crippen molar-refractivity contribution >= 4 is 68.1 Å². The molecule has 0 saturated carbocycles. The first-order chi connectivity index (χ1) is 25.7. The van der Waals surface area contributed by atoms with Crippen LogP contribution in [0.3, 0.4) is 0 Å². The fraction of sp³-hybridized carbons (Fsp3) is 0.143. The quantitative estimate of drug-likeness (QED) is 0.169. The molecule has 7 aromatic carbocycles. The minimum atomic E-state index is -0.180. The summed E-state index contributed by atoms with van der Waals surface area (Å²) in [6.07, 6.45) is 0. The van der Waals surface area contributed by atoms with Crippen molar-refractivity contribution in [2.75, 3.05) is 9.71 Å². The fourth-order valence-electron chi connectivity index (χ4n) is 9.62. The summed E-state index contributed by atoms with van der Waals surface area (Å²) in [6.45, 7) is 11.5. The number of benzene rings is 7. The molecule has 0 bridgehead atoms. The second kappa shape index (κ2) is 10.5. The minimum absolute atomic E-state index is 0.0124. The van der Waals surface area contributed by atoms with Gasteiger partial charge in [0.15, 0.2) is 0 Å². The molecule has 53 heavy (non-hydrogen) atoms. The molecule has 11 rings (SSSR count). The van der Waals surface area contributed by atoms with Gasteiger partial charge in [-0.2, -0.15) is 0 Å². The van der Waals surface area contributed by atoms with Gasteiger partial charge in [0.05, 0.1) is 11.4 Å². The average Bonchev–Trinajstić information content (AvgIpc) is 3.56. The molecule has 0 amide bonds. The van der Waals surface area contributed by atoms with Crippen molar-refractivity contribution in [1.29, 1.82) is 0 Å². The molecular weight excluding hydrogens is 643 g/mol. The van der Waals surface area contributed by atoms with E-state index in [1.165, 1.54) is 72.2 Å². The van der Waals surface area contributed by atoms with E-state index in [0.717, 1.165) is 28.0 Å². The van der Waals surface area contributed by atoms with Crippen molar-refractivity contribution in [2.45, 2.75) is 45.4 Å². The van der Waals surface area contributed by atoms with Gasteiger partial charge >= 0.3 is 6.85 Å². The lowest BCUT2D eigenvalue weighted by molar-refractivity contribution is 0.590. The minimum Gasteiger partial charge on any atom is -0.466 e. The normalized spacial score (nSPS) is 14.9. The van der Waals surface area contributed by atoms with E-state index < -0.39 is 0 Å². The third-order valence-electron chi connectivity index (χ3n) is 12.2. The lowest BCUT2D eigenvalue weighted by Crippen LogP contribution is -2.62. The fourth-order valence-corrected chi connectivity index (χ4v) is 9.62. The maximum atomic E-state index is 7.22. The van der Waals surface area contributed by atoms with Gasteiger partial charge in [-0.25, -0.2) is 0 Å². The number of rotatable bonds is 2. The molecule has 0 aliphatic carbocycles. The standard InChI is InChI=1S/C49H39BN2O/c1-48(2,3)32-26-27-39(36(29-32)30-16-7-6-8-17-30)51-41-28-31-18-9-10-19-33(31)43-35-21-15-23-38-45(35)52(40-24-13-12-22-37(40)49(38,4)5)50(44(41)43)47-46(51)34-20-11-14-25-42(34)53-47/h6-29H,1-5H3. The first kappa shape index (κ1) is 30.6. The molecule has 0 unspecified atom stereocenters. The van der Waals surface area contributed by atoms with Gasteiger partial charge < -0.3 is 14.1 Å². The van der Waals surface area contributed by atoms with Gasteiger partial charge in [-0.15, -0.1) is 0 Å². The first-order valence-corrected chi connectivity index (χ1v) is 18.8. The van der Waals surface area contributed by atoms with Crippen molar-refractivity contribution in [3.8, 4) is 22.3 Å². The number of para-hydroxylation sites is 3. The third-order valence-corrected chi connectivity index (χ3v) is 12.2. The Balaban J connectivity index is 1.33.